The molecule has 0 aliphatic carbocycles. The van der Waals surface area contributed by atoms with E-state index in [4.69, 9.17) is 5.73 Å². The molecule has 0 saturated carbocycles. The molecule has 27 heavy (non-hydrogen) atoms. The van der Waals surface area contributed by atoms with Crippen LogP contribution in [0.1, 0.15) is 15.9 Å². The Bertz CT molecular complexity index is 1110. The fraction of sp³-hybridized carbons (Fsp3) is 0.0909. The highest BCUT2D eigenvalue weighted by Gasteiger charge is 2.16. The smallest absolute Gasteiger partial charge is 0.258 e. The normalized spacial score (nSPS) is 10.9. The monoisotopic (exact) mass is 356 g/mol. The lowest BCUT2D eigenvalue weighted by Crippen LogP contribution is -2.26. The molecule has 0 radical (unpaired) electrons. The molecule has 5 heteroatoms. The van der Waals surface area contributed by atoms with E-state index in [1.54, 1.807) is 28.7 Å². The second kappa shape index (κ2) is 6.61. The van der Waals surface area contributed by atoms with E-state index in [9.17, 15) is 4.79 Å². The number of nitrogens with two attached hydrogens (primary N) is 1. The van der Waals surface area contributed by atoms with Gasteiger partial charge in [-0.25, -0.2) is 4.52 Å². The maximum absolute atomic E-state index is 13.0. The molecule has 0 bridgehead atoms. The lowest BCUT2D eigenvalue weighted by atomic mass is 10.1. The summed E-state index contributed by atoms with van der Waals surface area (Å²) in [4.78, 5) is 14.6. The summed E-state index contributed by atoms with van der Waals surface area (Å²) in [5.41, 5.74) is 12.0. The Morgan fingerprint density at radius 2 is 1.74 bits per heavy atom. The lowest BCUT2D eigenvalue weighted by molar-refractivity contribution is 0.0993. The van der Waals surface area contributed by atoms with E-state index in [0.717, 1.165) is 27.9 Å². The maximum atomic E-state index is 13.0. The van der Waals surface area contributed by atoms with Gasteiger partial charge in [-0.15, -0.1) is 0 Å². The number of carbonyl (C=O) groups excluding carboxylic acids is 1. The van der Waals surface area contributed by atoms with Gasteiger partial charge in [-0.3, -0.25) is 4.79 Å². The zero-order chi connectivity index (χ0) is 19.0. The van der Waals surface area contributed by atoms with Crippen LogP contribution in [-0.2, 0) is 0 Å². The summed E-state index contributed by atoms with van der Waals surface area (Å²) in [6.07, 6.45) is 3.62. The molecular formula is C22H20N4O. The number of nitrogen functional groups attached to an aromatic ring is 1. The molecule has 2 aromatic carbocycles. The van der Waals surface area contributed by atoms with Gasteiger partial charge < -0.3 is 10.6 Å². The van der Waals surface area contributed by atoms with Crippen molar-refractivity contribution in [3.05, 3.63) is 84.2 Å². The zero-order valence-electron chi connectivity index (χ0n) is 15.3. The first-order valence-corrected chi connectivity index (χ1v) is 8.71. The van der Waals surface area contributed by atoms with Gasteiger partial charge in [-0.2, -0.15) is 5.10 Å². The largest absolute Gasteiger partial charge is 0.399 e. The van der Waals surface area contributed by atoms with Gasteiger partial charge in [0.15, 0.2) is 0 Å². The number of aryl methyl sites for hydroxylation is 1. The minimum Gasteiger partial charge on any atom is -0.399 e. The van der Waals surface area contributed by atoms with Crippen molar-refractivity contribution in [1.82, 2.24) is 9.61 Å². The quantitative estimate of drug-likeness (QED) is 0.560. The summed E-state index contributed by atoms with van der Waals surface area (Å²) in [6.45, 7) is 2.03. The SMILES string of the molecule is Cc1ccc(N(C)C(=O)c2ccn3ncc(-c4ccc(N)cc4)c3c2)cc1. The number of hydrogen-bond acceptors (Lipinski definition) is 3. The van der Waals surface area contributed by atoms with Crippen molar-refractivity contribution >= 4 is 22.8 Å². The second-order valence-corrected chi connectivity index (χ2v) is 6.63. The zero-order valence-corrected chi connectivity index (χ0v) is 15.3. The van der Waals surface area contributed by atoms with Crippen LogP contribution in [0.5, 0.6) is 0 Å². The third-order valence-electron chi connectivity index (χ3n) is 4.72. The van der Waals surface area contributed by atoms with Crippen LogP contribution in [-0.4, -0.2) is 22.6 Å². The number of rotatable bonds is 3. The maximum Gasteiger partial charge on any atom is 0.258 e. The van der Waals surface area contributed by atoms with E-state index in [1.807, 2.05) is 67.7 Å². The molecule has 0 aliphatic heterocycles. The molecule has 2 N–H and O–H groups in total. The number of fused-ring (bicyclic) bond motifs is 1. The van der Waals surface area contributed by atoms with E-state index in [1.165, 1.54) is 0 Å². The summed E-state index contributed by atoms with van der Waals surface area (Å²) in [5, 5.41) is 4.39. The molecule has 0 aliphatic rings. The fourth-order valence-electron chi connectivity index (χ4n) is 3.08. The molecule has 0 saturated heterocycles. The highest BCUT2D eigenvalue weighted by atomic mass is 16.2. The number of hydrogen-bond donors (Lipinski definition) is 1. The predicted octanol–water partition coefficient (Wildman–Crippen LogP) is 4.17. The average Bonchev–Trinajstić information content (AvgIpc) is 3.11. The van der Waals surface area contributed by atoms with E-state index < -0.39 is 0 Å². The number of benzene rings is 2. The van der Waals surface area contributed by atoms with Gasteiger partial charge in [-0.1, -0.05) is 29.8 Å². The molecule has 1 amide bonds. The minimum absolute atomic E-state index is 0.0641. The number of carbonyl (C=O) groups is 1. The highest BCUT2D eigenvalue weighted by molar-refractivity contribution is 6.06. The van der Waals surface area contributed by atoms with Crippen LogP contribution in [0.3, 0.4) is 0 Å². The Kier molecular flexibility index (Phi) is 4.12. The molecule has 0 unspecified atom stereocenters. The van der Waals surface area contributed by atoms with E-state index in [2.05, 4.69) is 5.10 Å². The Morgan fingerprint density at radius 3 is 2.44 bits per heavy atom. The molecule has 2 heterocycles. The van der Waals surface area contributed by atoms with Crippen LogP contribution in [0.25, 0.3) is 16.6 Å². The number of anilines is 2. The molecular weight excluding hydrogens is 336 g/mol. The molecule has 134 valence electrons. The summed E-state index contributed by atoms with van der Waals surface area (Å²) >= 11 is 0. The summed E-state index contributed by atoms with van der Waals surface area (Å²) in [5.74, 6) is -0.0641. The van der Waals surface area contributed by atoms with Crippen molar-refractivity contribution in [2.75, 3.05) is 17.7 Å². The van der Waals surface area contributed by atoms with Gasteiger partial charge in [0.05, 0.1) is 11.7 Å². The first-order chi connectivity index (χ1) is 13.0. The molecule has 0 fully saturated rings. The van der Waals surface area contributed by atoms with E-state index >= 15 is 0 Å². The third-order valence-corrected chi connectivity index (χ3v) is 4.72. The van der Waals surface area contributed by atoms with Crippen LogP contribution in [0.2, 0.25) is 0 Å². The van der Waals surface area contributed by atoms with Crippen molar-refractivity contribution in [2.45, 2.75) is 6.92 Å². The molecule has 4 rings (SSSR count). The molecule has 5 nitrogen and oxygen atoms in total. The van der Waals surface area contributed by atoms with Crippen molar-refractivity contribution in [1.29, 1.82) is 0 Å². The molecule has 0 spiro atoms. The van der Waals surface area contributed by atoms with Crippen molar-refractivity contribution in [2.24, 2.45) is 0 Å². The Balaban J connectivity index is 1.72. The Morgan fingerprint density at radius 1 is 1.04 bits per heavy atom. The van der Waals surface area contributed by atoms with Gasteiger partial charge in [0.2, 0.25) is 0 Å². The molecule has 2 aromatic heterocycles. The summed E-state index contributed by atoms with van der Waals surface area (Å²) < 4.78 is 1.77. The summed E-state index contributed by atoms with van der Waals surface area (Å²) in [6, 6.07) is 19.2. The minimum atomic E-state index is -0.0641. The van der Waals surface area contributed by atoms with Gasteiger partial charge >= 0.3 is 0 Å². The van der Waals surface area contributed by atoms with Crippen LogP contribution in [0.4, 0.5) is 11.4 Å². The number of aromatic nitrogens is 2. The van der Waals surface area contributed by atoms with E-state index in [0.29, 0.717) is 11.3 Å². The third kappa shape index (κ3) is 3.15. The second-order valence-electron chi connectivity index (χ2n) is 6.63. The number of pyridine rings is 1. The number of amides is 1. The first-order valence-electron chi connectivity index (χ1n) is 8.71. The number of nitrogens with zero attached hydrogens (tertiary/aromatic N) is 3. The molecule has 4 aromatic rings. The summed E-state index contributed by atoms with van der Waals surface area (Å²) in [7, 11) is 1.79. The van der Waals surface area contributed by atoms with Crippen molar-refractivity contribution in [3.8, 4) is 11.1 Å². The standard InChI is InChI=1S/C22H20N4O/c1-15-3-9-19(10-4-15)25(2)22(27)17-11-12-26-21(13-17)20(14-24-26)16-5-7-18(23)8-6-16/h3-14H,23H2,1-2H3. The topological polar surface area (TPSA) is 63.6 Å². The molecule has 0 atom stereocenters. The van der Waals surface area contributed by atoms with Crippen LogP contribution >= 0.6 is 0 Å². The van der Waals surface area contributed by atoms with Crippen molar-refractivity contribution < 1.29 is 4.79 Å². The lowest BCUT2D eigenvalue weighted by Gasteiger charge is -2.17. The highest BCUT2D eigenvalue weighted by Crippen LogP contribution is 2.26. The Hall–Kier alpha value is -3.60. The predicted molar refractivity (Wildman–Crippen MR) is 109 cm³/mol. The Labute approximate surface area is 157 Å². The van der Waals surface area contributed by atoms with Gasteiger partial charge in [0.25, 0.3) is 5.91 Å². The van der Waals surface area contributed by atoms with Gasteiger partial charge in [0.1, 0.15) is 0 Å². The van der Waals surface area contributed by atoms with Crippen molar-refractivity contribution in [3.63, 3.8) is 0 Å². The van der Waals surface area contributed by atoms with Crippen LogP contribution in [0.15, 0.2) is 73.1 Å². The van der Waals surface area contributed by atoms with Gasteiger partial charge in [-0.05, 0) is 48.9 Å². The first kappa shape index (κ1) is 16.8. The van der Waals surface area contributed by atoms with E-state index in [-0.39, 0.29) is 5.91 Å². The van der Waals surface area contributed by atoms with Gasteiger partial charge in [0, 0.05) is 35.7 Å². The van der Waals surface area contributed by atoms with Crippen LogP contribution in [0, 0.1) is 6.92 Å². The fourth-order valence-corrected chi connectivity index (χ4v) is 3.08. The average molecular weight is 356 g/mol. The van der Waals surface area contributed by atoms with Crippen LogP contribution < -0.4 is 10.6 Å².